The molecule has 1 aliphatic heterocycles. The lowest BCUT2D eigenvalue weighted by Gasteiger charge is -2.34. The number of furan rings is 1. The van der Waals surface area contributed by atoms with E-state index in [0.29, 0.717) is 50.7 Å². The van der Waals surface area contributed by atoms with Crippen molar-refractivity contribution in [3.8, 4) is 0 Å². The van der Waals surface area contributed by atoms with E-state index in [2.05, 4.69) is 4.98 Å². The van der Waals surface area contributed by atoms with Gasteiger partial charge < -0.3 is 18.6 Å². The molecule has 2 amide bonds. The van der Waals surface area contributed by atoms with E-state index in [-0.39, 0.29) is 11.8 Å². The molecule has 0 bridgehead atoms. The molecule has 0 N–H and O–H groups in total. The van der Waals surface area contributed by atoms with Gasteiger partial charge in [-0.1, -0.05) is 6.07 Å². The summed E-state index contributed by atoms with van der Waals surface area (Å²) in [6, 6.07) is 9.20. The van der Waals surface area contributed by atoms with Crippen molar-refractivity contribution in [1.82, 2.24) is 14.8 Å². The van der Waals surface area contributed by atoms with Crippen LogP contribution in [0.1, 0.15) is 28.4 Å². The van der Waals surface area contributed by atoms with E-state index in [1.807, 2.05) is 30.0 Å². The fourth-order valence-corrected chi connectivity index (χ4v) is 3.37. The summed E-state index contributed by atoms with van der Waals surface area (Å²) in [5.41, 5.74) is 2.65. The minimum absolute atomic E-state index is 0.108. The molecule has 3 heterocycles. The fourth-order valence-electron chi connectivity index (χ4n) is 3.37. The fraction of sp³-hybridized carbons (Fsp3) is 0.350. The van der Waals surface area contributed by atoms with Crippen LogP contribution in [0.2, 0.25) is 0 Å². The molecule has 3 aromatic rings. The molecule has 1 saturated heterocycles. The number of rotatable bonds is 4. The first kappa shape index (κ1) is 17.3. The standard InChI is InChI=1S/C20H21N3O4/c1-14-21-16-13-15(4-6-17(16)27-14)5-7-19(24)22-8-10-23(11-9-22)20(25)18-3-2-12-26-18/h2-4,6,12-13H,5,7-11H2,1H3. The quantitative estimate of drug-likeness (QED) is 0.708. The Bertz CT molecular complexity index is 953. The summed E-state index contributed by atoms with van der Waals surface area (Å²) in [5, 5.41) is 0. The molecule has 7 nitrogen and oxygen atoms in total. The normalized spacial score (nSPS) is 14.7. The Morgan fingerprint density at radius 2 is 1.89 bits per heavy atom. The van der Waals surface area contributed by atoms with Gasteiger partial charge in [0.25, 0.3) is 5.91 Å². The molecule has 0 unspecified atom stereocenters. The second-order valence-electron chi connectivity index (χ2n) is 6.69. The number of nitrogens with zero attached hydrogens (tertiary/aromatic N) is 3. The van der Waals surface area contributed by atoms with Gasteiger partial charge in [0.05, 0.1) is 6.26 Å². The van der Waals surface area contributed by atoms with Crippen molar-refractivity contribution < 1.29 is 18.4 Å². The Hall–Kier alpha value is -3.09. The van der Waals surface area contributed by atoms with E-state index in [1.165, 1.54) is 6.26 Å². The number of hydrogen-bond donors (Lipinski definition) is 0. The van der Waals surface area contributed by atoms with E-state index in [0.717, 1.165) is 16.7 Å². The van der Waals surface area contributed by atoms with Crippen LogP contribution in [-0.2, 0) is 11.2 Å². The molecule has 1 aromatic carbocycles. The maximum absolute atomic E-state index is 12.5. The Labute approximate surface area is 156 Å². The van der Waals surface area contributed by atoms with Crippen LogP contribution in [-0.4, -0.2) is 52.8 Å². The lowest BCUT2D eigenvalue weighted by atomic mass is 10.1. The zero-order valence-corrected chi connectivity index (χ0v) is 15.2. The molecule has 1 fully saturated rings. The van der Waals surface area contributed by atoms with E-state index in [9.17, 15) is 9.59 Å². The highest BCUT2D eigenvalue weighted by Crippen LogP contribution is 2.18. The molecular formula is C20H21N3O4. The van der Waals surface area contributed by atoms with Crippen LogP contribution >= 0.6 is 0 Å². The first-order valence-corrected chi connectivity index (χ1v) is 9.07. The lowest BCUT2D eigenvalue weighted by Crippen LogP contribution is -2.50. The Kier molecular flexibility index (Phi) is 4.66. The van der Waals surface area contributed by atoms with Gasteiger partial charge in [-0.3, -0.25) is 9.59 Å². The Morgan fingerprint density at radius 1 is 1.11 bits per heavy atom. The first-order chi connectivity index (χ1) is 13.1. The van der Waals surface area contributed by atoms with Crippen LogP contribution in [0.3, 0.4) is 0 Å². The predicted octanol–water partition coefficient (Wildman–Crippen LogP) is 2.65. The molecule has 0 saturated carbocycles. The van der Waals surface area contributed by atoms with Crippen LogP contribution in [0.25, 0.3) is 11.1 Å². The second-order valence-corrected chi connectivity index (χ2v) is 6.69. The summed E-state index contributed by atoms with van der Waals surface area (Å²) in [5.74, 6) is 0.966. The van der Waals surface area contributed by atoms with Crippen LogP contribution in [0.4, 0.5) is 0 Å². The average Bonchev–Trinajstić information content (AvgIpc) is 3.34. The van der Waals surface area contributed by atoms with E-state index in [4.69, 9.17) is 8.83 Å². The van der Waals surface area contributed by atoms with Gasteiger partial charge in [-0.25, -0.2) is 4.98 Å². The number of hydrogen-bond acceptors (Lipinski definition) is 5. The van der Waals surface area contributed by atoms with Gasteiger partial charge in [0.2, 0.25) is 5.91 Å². The van der Waals surface area contributed by atoms with E-state index < -0.39 is 0 Å². The van der Waals surface area contributed by atoms with Gasteiger partial charge in [0.15, 0.2) is 17.2 Å². The molecular weight excluding hydrogens is 346 g/mol. The summed E-state index contributed by atoms with van der Waals surface area (Å²) >= 11 is 0. The second kappa shape index (κ2) is 7.26. The van der Waals surface area contributed by atoms with Gasteiger partial charge in [-0.2, -0.15) is 0 Å². The first-order valence-electron chi connectivity index (χ1n) is 9.07. The Morgan fingerprint density at radius 3 is 2.63 bits per heavy atom. The molecule has 7 heteroatoms. The summed E-state index contributed by atoms with van der Waals surface area (Å²) < 4.78 is 10.6. The smallest absolute Gasteiger partial charge is 0.289 e. The summed E-state index contributed by atoms with van der Waals surface area (Å²) in [4.78, 5) is 32.7. The van der Waals surface area contributed by atoms with Crippen molar-refractivity contribution in [2.75, 3.05) is 26.2 Å². The molecule has 0 aliphatic carbocycles. The zero-order valence-electron chi connectivity index (χ0n) is 15.2. The summed E-state index contributed by atoms with van der Waals surface area (Å²) in [6.45, 7) is 3.96. The van der Waals surface area contributed by atoms with Crippen LogP contribution in [0.15, 0.2) is 45.4 Å². The van der Waals surface area contributed by atoms with Crippen molar-refractivity contribution in [1.29, 1.82) is 0 Å². The van der Waals surface area contributed by atoms with Gasteiger partial charge in [0, 0.05) is 39.5 Å². The molecule has 4 rings (SSSR count). The molecule has 1 aliphatic rings. The van der Waals surface area contributed by atoms with Crippen LogP contribution in [0.5, 0.6) is 0 Å². The van der Waals surface area contributed by atoms with Crippen molar-refractivity contribution >= 4 is 22.9 Å². The van der Waals surface area contributed by atoms with Crippen molar-refractivity contribution in [2.45, 2.75) is 19.8 Å². The predicted molar refractivity (Wildman–Crippen MR) is 98.3 cm³/mol. The molecule has 0 spiro atoms. The van der Waals surface area contributed by atoms with E-state index in [1.54, 1.807) is 17.0 Å². The average molecular weight is 367 g/mol. The number of fused-ring (bicyclic) bond motifs is 1. The maximum atomic E-state index is 12.5. The molecule has 0 radical (unpaired) electrons. The highest BCUT2D eigenvalue weighted by molar-refractivity contribution is 5.91. The number of carbonyl (C=O) groups is 2. The number of aryl methyl sites for hydroxylation is 2. The zero-order chi connectivity index (χ0) is 18.8. The Balaban J connectivity index is 1.29. The number of carbonyl (C=O) groups excluding carboxylic acids is 2. The van der Waals surface area contributed by atoms with Crippen molar-refractivity contribution in [3.63, 3.8) is 0 Å². The van der Waals surface area contributed by atoms with Gasteiger partial charge >= 0.3 is 0 Å². The number of oxazole rings is 1. The monoisotopic (exact) mass is 367 g/mol. The number of benzene rings is 1. The van der Waals surface area contributed by atoms with Gasteiger partial charge in [-0.05, 0) is 36.2 Å². The van der Waals surface area contributed by atoms with Crippen molar-refractivity contribution in [3.05, 3.63) is 53.8 Å². The topological polar surface area (TPSA) is 79.8 Å². The van der Waals surface area contributed by atoms with Crippen molar-refractivity contribution in [2.24, 2.45) is 0 Å². The SMILES string of the molecule is Cc1nc2cc(CCC(=O)N3CCN(C(=O)c4ccco4)CC3)ccc2o1. The molecule has 2 aromatic heterocycles. The van der Waals surface area contributed by atoms with Gasteiger partial charge in [-0.15, -0.1) is 0 Å². The summed E-state index contributed by atoms with van der Waals surface area (Å²) in [7, 11) is 0. The molecule has 140 valence electrons. The third kappa shape index (κ3) is 3.72. The third-order valence-electron chi connectivity index (χ3n) is 4.84. The van der Waals surface area contributed by atoms with E-state index >= 15 is 0 Å². The lowest BCUT2D eigenvalue weighted by molar-refractivity contribution is -0.132. The largest absolute Gasteiger partial charge is 0.459 e. The molecule has 0 atom stereocenters. The van der Waals surface area contributed by atoms with Crippen LogP contribution < -0.4 is 0 Å². The number of piperazine rings is 1. The van der Waals surface area contributed by atoms with Crippen LogP contribution in [0, 0.1) is 6.92 Å². The highest BCUT2D eigenvalue weighted by atomic mass is 16.3. The molecule has 27 heavy (non-hydrogen) atoms. The third-order valence-corrected chi connectivity index (χ3v) is 4.84. The minimum atomic E-state index is -0.122. The maximum Gasteiger partial charge on any atom is 0.289 e. The van der Waals surface area contributed by atoms with Gasteiger partial charge in [0.1, 0.15) is 5.52 Å². The number of aromatic nitrogens is 1. The number of amides is 2. The minimum Gasteiger partial charge on any atom is -0.459 e. The highest BCUT2D eigenvalue weighted by Gasteiger charge is 2.25. The summed E-state index contributed by atoms with van der Waals surface area (Å²) in [6.07, 6.45) is 2.59.